The van der Waals surface area contributed by atoms with Gasteiger partial charge in [0.05, 0.1) is 0 Å². The highest BCUT2D eigenvalue weighted by Crippen LogP contribution is 2.21. The summed E-state index contributed by atoms with van der Waals surface area (Å²) in [6.07, 6.45) is 1.41. The molecule has 0 saturated heterocycles. The second-order valence-electron chi connectivity index (χ2n) is 2.56. The van der Waals surface area contributed by atoms with Crippen molar-refractivity contribution in [1.82, 2.24) is 4.72 Å². The van der Waals surface area contributed by atoms with Crippen molar-refractivity contribution in [1.29, 1.82) is 0 Å². The van der Waals surface area contributed by atoms with Gasteiger partial charge in [0, 0.05) is 6.54 Å². The van der Waals surface area contributed by atoms with E-state index in [4.69, 9.17) is 5.11 Å². The third-order valence-electron chi connectivity index (χ3n) is 1.47. The predicted octanol–water partition coefficient (Wildman–Crippen LogP) is 0.911. The zero-order chi connectivity index (χ0) is 11.5. The highest BCUT2D eigenvalue weighted by molar-refractivity contribution is 7.91. The van der Waals surface area contributed by atoms with Crippen LogP contribution in [-0.2, 0) is 10.0 Å². The Bertz CT molecular complexity index is 475. The lowest BCUT2D eigenvalue weighted by Crippen LogP contribution is -2.22. The Labute approximate surface area is 91.1 Å². The minimum atomic E-state index is -3.60. The van der Waals surface area contributed by atoms with E-state index < -0.39 is 16.0 Å². The molecule has 0 radical (unpaired) electrons. The van der Waals surface area contributed by atoms with Crippen LogP contribution in [0.1, 0.15) is 9.67 Å². The van der Waals surface area contributed by atoms with Gasteiger partial charge in [0.15, 0.2) is 0 Å². The fourth-order valence-corrected chi connectivity index (χ4v) is 3.01. The molecule has 82 valence electrons. The van der Waals surface area contributed by atoms with Crippen LogP contribution in [0.25, 0.3) is 0 Å². The zero-order valence-electron chi connectivity index (χ0n) is 7.63. The average Bonchev–Trinajstić information content (AvgIpc) is 2.64. The first-order valence-corrected chi connectivity index (χ1v) is 6.21. The Morgan fingerprint density at radius 3 is 2.73 bits per heavy atom. The fraction of sp³-hybridized carbons (Fsp3) is 0.125. The maximum Gasteiger partial charge on any atom is 0.345 e. The third kappa shape index (κ3) is 2.88. The van der Waals surface area contributed by atoms with E-state index in [2.05, 4.69) is 11.3 Å². The van der Waals surface area contributed by atoms with E-state index in [1.807, 2.05) is 0 Å². The van der Waals surface area contributed by atoms with Crippen LogP contribution in [0.15, 0.2) is 29.0 Å². The summed E-state index contributed by atoms with van der Waals surface area (Å²) in [5.74, 6) is -1.13. The summed E-state index contributed by atoms with van der Waals surface area (Å²) in [6, 6.07) is 2.52. The topological polar surface area (TPSA) is 83.5 Å². The molecule has 0 unspecified atom stereocenters. The molecule has 2 N–H and O–H groups in total. The summed E-state index contributed by atoms with van der Waals surface area (Å²) in [4.78, 5) is 10.5. The maximum atomic E-state index is 11.5. The number of carbonyl (C=O) groups is 1. The van der Waals surface area contributed by atoms with Crippen LogP contribution in [-0.4, -0.2) is 26.0 Å². The molecule has 1 aromatic heterocycles. The van der Waals surface area contributed by atoms with E-state index in [1.165, 1.54) is 18.2 Å². The molecule has 0 atom stereocenters. The molecule has 0 spiro atoms. The summed E-state index contributed by atoms with van der Waals surface area (Å²) < 4.78 is 25.2. The van der Waals surface area contributed by atoms with Crippen molar-refractivity contribution >= 4 is 27.3 Å². The van der Waals surface area contributed by atoms with Crippen molar-refractivity contribution in [2.24, 2.45) is 0 Å². The van der Waals surface area contributed by atoms with Crippen molar-refractivity contribution in [3.8, 4) is 0 Å². The Morgan fingerprint density at radius 1 is 1.60 bits per heavy atom. The van der Waals surface area contributed by atoms with E-state index in [9.17, 15) is 13.2 Å². The van der Waals surface area contributed by atoms with Gasteiger partial charge in [-0.05, 0) is 12.1 Å². The van der Waals surface area contributed by atoms with E-state index in [-0.39, 0.29) is 15.6 Å². The number of sulfonamides is 1. The summed E-state index contributed by atoms with van der Waals surface area (Å²) >= 11 is 0.714. The molecule has 0 aliphatic rings. The van der Waals surface area contributed by atoms with Gasteiger partial charge in [0.2, 0.25) is 10.0 Å². The summed E-state index contributed by atoms with van der Waals surface area (Å²) in [5.41, 5.74) is 0. The van der Waals surface area contributed by atoms with Crippen molar-refractivity contribution in [3.05, 3.63) is 29.7 Å². The van der Waals surface area contributed by atoms with Crippen molar-refractivity contribution in [2.45, 2.75) is 4.21 Å². The van der Waals surface area contributed by atoms with E-state index in [1.54, 1.807) is 0 Å². The highest BCUT2D eigenvalue weighted by Gasteiger charge is 2.17. The van der Waals surface area contributed by atoms with Gasteiger partial charge >= 0.3 is 5.97 Å². The normalized spacial score (nSPS) is 11.2. The Balaban J connectivity index is 2.95. The number of hydrogen-bond acceptors (Lipinski definition) is 4. The zero-order valence-corrected chi connectivity index (χ0v) is 9.27. The first-order chi connectivity index (χ1) is 6.97. The Morgan fingerprint density at radius 2 is 2.27 bits per heavy atom. The predicted molar refractivity (Wildman–Crippen MR) is 56.7 cm³/mol. The van der Waals surface area contributed by atoms with Gasteiger partial charge in [0.25, 0.3) is 0 Å². The molecule has 0 amide bonds. The van der Waals surface area contributed by atoms with Gasteiger partial charge < -0.3 is 5.11 Å². The lowest BCUT2D eigenvalue weighted by Gasteiger charge is -1.99. The van der Waals surface area contributed by atoms with Crippen LogP contribution >= 0.6 is 11.3 Å². The van der Waals surface area contributed by atoms with Gasteiger partial charge in [0.1, 0.15) is 9.09 Å². The molecule has 15 heavy (non-hydrogen) atoms. The number of rotatable bonds is 5. The molecule has 0 saturated carbocycles. The SMILES string of the molecule is C=CCNS(=O)(=O)c1ccc(C(=O)O)s1. The lowest BCUT2D eigenvalue weighted by atomic mass is 10.5. The highest BCUT2D eigenvalue weighted by atomic mass is 32.2. The molecule has 0 aliphatic carbocycles. The number of carboxylic acids is 1. The second-order valence-corrected chi connectivity index (χ2v) is 5.64. The van der Waals surface area contributed by atoms with E-state index >= 15 is 0 Å². The number of aromatic carboxylic acids is 1. The molecule has 1 heterocycles. The molecule has 1 aromatic rings. The van der Waals surface area contributed by atoms with Crippen molar-refractivity contribution in [2.75, 3.05) is 6.54 Å². The van der Waals surface area contributed by atoms with Gasteiger partial charge in [-0.2, -0.15) is 0 Å². The third-order valence-corrected chi connectivity index (χ3v) is 4.46. The molecule has 7 heteroatoms. The van der Waals surface area contributed by atoms with Crippen LogP contribution in [0.2, 0.25) is 0 Å². The number of carboxylic acid groups (broad SMARTS) is 1. The molecule has 5 nitrogen and oxygen atoms in total. The number of nitrogens with one attached hydrogen (secondary N) is 1. The summed E-state index contributed by atoms with van der Waals surface area (Å²) in [7, 11) is -3.60. The standard InChI is InChI=1S/C8H9NO4S2/c1-2-5-9-15(12,13)7-4-3-6(14-7)8(10)11/h2-4,9H,1,5H2,(H,10,11). The summed E-state index contributed by atoms with van der Waals surface area (Å²) in [6.45, 7) is 3.49. The van der Waals surface area contributed by atoms with Crippen molar-refractivity contribution < 1.29 is 18.3 Å². The molecule has 0 aromatic carbocycles. The van der Waals surface area contributed by atoms with Gasteiger partial charge in [-0.25, -0.2) is 17.9 Å². The number of thiophene rings is 1. The maximum absolute atomic E-state index is 11.5. The van der Waals surface area contributed by atoms with Crippen molar-refractivity contribution in [3.63, 3.8) is 0 Å². The Hall–Kier alpha value is -1.18. The lowest BCUT2D eigenvalue weighted by molar-refractivity contribution is 0.0702. The number of hydrogen-bond donors (Lipinski definition) is 2. The van der Waals surface area contributed by atoms with Crippen LogP contribution in [0, 0.1) is 0 Å². The minimum absolute atomic E-state index is 0.00558. The average molecular weight is 247 g/mol. The first kappa shape index (κ1) is 11.9. The largest absolute Gasteiger partial charge is 0.477 e. The van der Waals surface area contributed by atoms with Gasteiger partial charge in [-0.3, -0.25) is 0 Å². The fourth-order valence-electron chi connectivity index (χ4n) is 0.819. The van der Waals surface area contributed by atoms with Crippen LogP contribution in [0.5, 0.6) is 0 Å². The molecule has 0 bridgehead atoms. The first-order valence-electron chi connectivity index (χ1n) is 3.91. The molecule has 0 fully saturated rings. The minimum Gasteiger partial charge on any atom is -0.477 e. The smallest absolute Gasteiger partial charge is 0.345 e. The van der Waals surface area contributed by atoms with Crippen LogP contribution < -0.4 is 4.72 Å². The second kappa shape index (κ2) is 4.56. The molecule has 1 rings (SSSR count). The van der Waals surface area contributed by atoms with E-state index in [0.717, 1.165) is 0 Å². The van der Waals surface area contributed by atoms with E-state index in [0.29, 0.717) is 11.3 Å². The monoisotopic (exact) mass is 247 g/mol. The Kier molecular flexibility index (Phi) is 3.61. The van der Waals surface area contributed by atoms with Gasteiger partial charge in [-0.15, -0.1) is 17.9 Å². The van der Waals surface area contributed by atoms with Crippen LogP contribution in [0.4, 0.5) is 0 Å². The van der Waals surface area contributed by atoms with Gasteiger partial charge in [-0.1, -0.05) is 6.08 Å². The molecular formula is C8H9NO4S2. The molecule has 0 aliphatic heterocycles. The summed E-state index contributed by atoms with van der Waals surface area (Å²) in [5, 5.41) is 8.62. The van der Waals surface area contributed by atoms with Crippen LogP contribution in [0.3, 0.4) is 0 Å². The molecular weight excluding hydrogens is 238 g/mol. The quantitative estimate of drug-likeness (QED) is 0.757.